The Hall–Kier alpha value is -2.63. The summed E-state index contributed by atoms with van der Waals surface area (Å²) in [5.74, 6) is 1.14. The number of aromatic amines is 1. The Morgan fingerprint density at radius 2 is 2.04 bits per heavy atom. The summed E-state index contributed by atoms with van der Waals surface area (Å²) in [5, 5.41) is 0. The van der Waals surface area contributed by atoms with Crippen LogP contribution >= 0.6 is 0 Å². The van der Waals surface area contributed by atoms with E-state index in [1.165, 1.54) is 4.90 Å². The van der Waals surface area contributed by atoms with Crippen LogP contribution in [0.5, 0.6) is 0 Å². The van der Waals surface area contributed by atoms with Gasteiger partial charge in [0.2, 0.25) is 0 Å². The molecule has 23 heavy (non-hydrogen) atoms. The molecule has 0 radical (unpaired) electrons. The molecule has 118 valence electrons. The summed E-state index contributed by atoms with van der Waals surface area (Å²) in [7, 11) is 0. The Balaban J connectivity index is 1.44. The maximum absolute atomic E-state index is 12.2. The topological polar surface area (TPSA) is 75.3 Å². The van der Waals surface area contributed by atoms with E-state index in [9.17, 15) is 9.59 Å². The molecule has 1 amide bonds. The van der Waals surface area contributed by atoms with Crippen molar-refractivity contribution in [2.75, 3.05) is 0 Å². The van der Waals surface area contributed by atoms with Gasteiger partial charge in [0.15, 0.2) is 0 Å². The number of benzene rings is 1. The van der Waals surface area contributed by atoms with Crippen molar-refractivity contribution in [3.8, 4) is 0 Å². The fourth-order valence-electron chi connectivity index (χ4n) is 2.77. The van der Waals surface area contributed by atoms with E-state index in [1.807, 2.05) is 30.3 Å². The van der Waals surface area contributed by atoms with Crippen LogP contribution in [0.1, 0.15) is 41.4 Å². The van der Waals surface area contributed by atoms with Gasteiger partial charge in [-0.3, -0.25) is 9.69 Å². The van der Waals surface area contributed by atoms with Crippen LogP contribution in [0.15, 0.2) is 35.1 Å². The number of rotatable bonds is 3. The highest BCUT2D eigenvalue weighted by Crippen LogP contribution is 2.38. The molecule has 1 aliphatic carbocycles. The molecule has 1 saturated carbocycles. The predicted molar refractivity (Wildman–Crippen MR) is 82.7 cm³/mol. The van der Waals surface area contributed by atoms with Gasteiger partial charge in [0.1, 0.15) is 12.4 Å². The predicted octanol–water partition coefficient (Wildman–Crippen LogP) is 2.30. The molecule has 0 bridgehead atoms. The molecule has 2 heterocycles. The van der Waals surface area contributed by atoms with E-state index in [2.05, 4.69) is 9.97 Å². The minimum atomic E-state index is -0.417. The van der Waals surface area contributed by atoms with Gasteiger partial charge >= 0.3 is 6.09 Å². The average Bonchev–Trinajstić information content (AvgIpc) is 3.33. The normalized spacial score (nSPS) is 16.3. The van der Waals surface area contributed by atoms with Crippen LogP contribution in [0.2, 0.25) is 0 Å². The van der Waals surface area contributed by atoms with Crippen LogP contribution < -0.4 is 5.56 Å². The highest BCUT2D eigenvalue weighted by atomic mass is 16.6. The van der Waals surface area contributed by atoms with Crippen LogP contribution in [0, 0.1) is 0 Å². The van der Waals surface area contributed by atoms with E-state index in [0.717, 1.165) is 24.2 Å². The van der Waals surface area contributed by atoms with Crippen molar-refractivity contribution in [3.05, 3.63) is 63.3 Å². The lowest BCUT2D eigenvalue weighted by Gasteiger charge is -2.14. The molecule has 0 saturated heterocycles. The number of nitrogens with zero attached hydrogens (tertiary/aromatic N) is 2. The number of hydrogen-bond acceptors (Lipinski definition) is 4. The number of carbonyl (C=O) groups is 1. The van der Waals surface area contributed by atoms with Crippen molar-refractivity contribution in [1.82, 2.24) is 14.9 Å². The van der Waals surface area contributed by atoms with Gasteiger partial charge in [-0.1, -0.05) is 30.3 Å². The molecule has 1 aliphatic heterocycles. The molecule has 6 heteroatoms. The Morgan fingerprint density at radius 3 is 2.78 bits per heavy atom. The first-order valence-electron chi connectivity index (χ1n) is 7.78. The number of H-pyrrole nitrogens is 1. The molecule has 1 aromatic heterocycles. The van der Waals surface area contributed by atoms with E-state index in [4.69, 9.17) is 4.74 Å². The molecule has 0 spiro atoms. The lowest BCUT2D eigenvalue weighted by molar-refractivity contribution is 0.0952. The number of carbonyl (C=O) groups excluding carboxylic acids is 1. The molecule has 1 aromatic carbocycles. The molecule has 0 atom stereocenters. The summed E-state index contributed by atoms with van der Waals surface area (Å²) in [6.07, 6.45) is 1.73. The van der Waals surface area contributed by atoms with Crippen molar-refractivity contribution < 1.29 is 9.53 Å². The maximum Gasteiger partial charge on any atom is 0.410 e. The van der Waals surface area contributed by atoms with Crippen molar-refractivity contribution in [1.29, 1.82) is 0 Å². The SMILES string of the molecule is O=C(OCc1ccccc1)N1Cc2nc(C3CC3)[nH]c(=O)c2C1. The van der Waals surface area contributed by atoms with Crippen LogP contribution in [0.25, 0.3) is 0 Å². The average molecular weight is 311 g/mol. The van der Waals surface area contributed by atoms with Crippen LogP contribution in [0.3, 0.4) is 0 Å². The number of fused-ring (bicyclic) bond motifs is 1. The second kappa shape index (κ2) is 5.53. The standard InChI is InChI=1S/C17H17N3O3/c21-16-13-8-20(9-14(13)18-15(19-16)12-6-7-12)17(22)23-10-11-4-2-1-3-5-11/h1-5,12H,6-10H2,(H,18,19,21). The van der Waals surface area contributed by atoms with Crippen LogP contribution in [-0.4, -0.2) is 21.0 Å². The van der Waals surface area contributed by atoms with Gasteiger partial charge in [0.05, 0.1) is 24.3 Å². The van der Waals surface area contributed by atoms with Gasteiger partial charge in [-0.15, -0.1) is 0 Å². The molecule has 0 unspecified atom stereocenters. The summed E-state index contributed by atoms with van der Waals surface area (Å²) >= 11 is 0. The highest BCUT2D eigenvalue weighted by molar-refractivity contribution is 5.68. The molecule has 2 aliphatic rings. The summed E-state index contributed by atoms with van der Waals surface area (Å²) < 4.78 is 5.32. The number of amides is 1. The summed E-state index contributed by atoms with van der Waals surface area (Å²) in [6.45, 7) is 0.826. The van der Waals surface area contributed by atoms with E-state index in [-0.39, 0.29) is 18.7 Å². The number of hydrogen-bond donors (Lipinski definition) is 1. The third-order valence-electron chi connectivity index (χ3n) is 4.24. The Kier molecular flexibility index (Phi) is 3.37. The van der Waals surface area contributed by atoms with Crippen LogP contribution in [0.4, 0.5) is 4.79 Å². The van der Waals surface area contributed by atoms with Gasteiger partial charge in [0.25, 0.3) is 5.56 Å². The van der Waals surface area contributed by atoms with Gasteiger partial charge < -0.3 is 9.72 Å². The minimum absolute atomic E-state index is 0.129. The lowest BCUT2D eigenvalue weighted by atomic mass is 10.2. The van der Waals surface area contributed by atoms with Crippen LogP contribution in [-0.2, 0) is 24.4 Å². The molecule has 1 N–H and O–H groups in total. The fraction of sp³-hybridized carbons (Fsp3) is 0.353. The summed E-state index contributed by atoms with van der Waals surface area (Å²) in [4.78, 5) is 33.2. The number of aromatic nitrogens is 2. The van der Waals surface area contributed by atoms with Crippen molar-refractivity contribution in [2.24, 2.45) is 0 Å². The third-order valence-corrected chi connectivity index (χ3v) is 4.24. The first-order valence-corrected chi connectivity index (χ1v) is 7.78. The van der Waals surface area contributed by atoms with Gasteiger partial charge in [-0.2, -0.15) is 0 Å². The molecule has 6 nitrogen and oxygen atoms in total. The number of nitrogens with one attached hydrogen (secondary N) is 1. The number of ether oxygens (including phenoxy) is 1. The third kappa shape index (κ3) is 2.84. The van der Waals surface area contributed by atoms with E-state index in [1.54, 1.807) is 0 Å². The van der Waals surface area contributed by atoms with Gasteiger partial charge in [0, 0.05) is 5.92 Å². The maximum atomic E-state index is 12.2. The lowest BCUT2D eigenvalue weighted by Crippen LogP contribution is -2.26. The molecule has 4 rings (SSSR count). The Morgan fingerprint density at radius 1 is 1.26 bits per heavy atom. The monoisotopic (exact) mass is 311 g/mol. The molecule has 1 fully saturated rings. The van der Waals surface area contributed by atoms with E-state index in [0.29, 0.717) is 23.7 Å². The Bertz CT molecular complexity index is 796. The summed E-state index contributed by atoms with van der Waals surface area (Å²) in [6, 6.07) is 9.52. The second-order valence-electron chi connectivity index (χ2n) is 6.05. The zero-order valence-electron chi connectivity index (χ0n) is 12.6. The van der Waals surface area contributed by atoms with Crippen molar-refractivity contribution in [2.45, 2.75) is 38.5 Å². The zero-order chi connectivity index (χ0) is 15.8. The molecular weight excluding hydrogens is 294 g/mol. The van der Waals surface area contributed by atoms with Crippen molar-refractivity contribution in [3.63, 3.8) is 0 Å². The Labute approximate surface area is 133 Å². The first-order chi connectivity index (χ1) is 11.2. The fourth-order valence-corrected chi connectivity index (χ4v) is 2.77. The molecular formula is C17H17N3O3. The molecule has 2 aromatic rings. The van der Waals surface area contributed by atoms with Gasteiger partial charge in [-0.25, -0.2) is 9.78 Å². The van der Waals surface area contributed by atoms with E-state index >= 15 is 0 Å². The highest BCUT2D eigenvalue weighted by Gasteiger charge is 2.32. The largest absolute Gasteiger partial charge is 0.445 e. The second-order valence-corrected chi connectivity index (χ2v) is 6.05. The van der Waals surface area contributed by atoms with Crippen molar-refractivity contribution >= 4 is 6.09 Å². The first kappa shape index (κ1) is 14.0. The van der Waals surface area contributed by atoms with Gasteiger partial charge in [-0.05, 0) is 18.4 Å². The minimum Gasteiger partial charge on any atom is -0.445 e. The summed E-state index contributed by atoms with van der Waals surface area (Å²) in [5.41, 5.74) is 2.08. The zero-order valence-corrected chi connectivity index (χ0v) is 12.6. The van der Waals surface area contributed by atoms with E-state index < -0.39 is 6.09 Å². The quantitative estimate of drug-likeness (QED) is 0.943. The smallest absolute Gasteiger partial charge is 0.410 e.